The molecule has 0 spiro atoms. The molecule has 1 heterocycles. The highest BCUT2D eigenvalue weighted by Crippen LogP contribution is 2.34. The fourth-order valence-corrected chi connectivity index (χ4v) is 2.61. The average molecular weight is 282 g/mol. The molecule has 2 rings (SSSR count). The van der Waals surface area contributed by atoms with Gasteiger partial charge in [-0.1, -0.05) is 11.6 Å². The van der Waals surface area contributed by atoms with E-state index in [1.165, 1.54) is 0 Å². The minimum absolute atomic E-state index is 0.0399. The van der Waals surface area contributed by atoms with Crippen LogP contribution in [0, 0.1) is 0 Å². The van der Waals surface area contributed by atoms with Gasteiger partial charge in [0.1, 0.15) is 6.04 Å². The summed E-state index contributed by atoms with van der Waals surface area (Å²) < 4.78 is 0. The molecule has 1 unspecified atom stereocenters. The van der Waals surface area contributed by atoms with Crippen LogP contribution in [0.1, 0.15) is 19.4 Å². The molecular formula is C13H16ClN3O2. The van der Waals surface area contributed by atoms with E-state index in [0.29, 0.717) is 5.02 Å². The highest BCUT2D eigenvalue weighted by molar-refractivity contribution is 6.30. The molecular weight excluding hydrogens is 266 g/mol. The highest BCUT2D eigenvalue weighted by Gasteiger charge is 2.33. The van der Waals surface area contributed by atoms with E-state index in [1.54, 1.807) is 17.9 Å². The van der Waals surface area contributed by atoms with Gasteiger partial charge >= 0.3 is 6.03 Å². The van der Waals surface area contributed by atoms with Crippen LogP contribution in [-0.4, -0.2) is 24.0 Å². The average Bonchev–Trinajstić information content (AvgIpc) is 2.62. The van der Waals surface area contributed by atoms with Crippen molar-refractivity contribution >= 4 is 29.2 Å². The van der Waals surface area contributed by atoms with Crippen molar-refractivity contribution in [1.82, 2.24) is 5.32 Å². The molecule has 6 heteroatoms. The van der Waals surface area contributed by atoms with Crippen molar-refractivity contribution in [3.05, 3.63) is 28.8 Å². The van der Waals surface area contributed by atoms with Gasteiger partial charge in [0.15, 0.2) is 0 Å². The Balaban J connectivity index is 2.26. The molecule has 5 nitrogen and oxygen atoms in total. The topological polar surface area (TPSA) is 75.4 Å². The number of urea groups is 1. The molecule has 0 fully saturated rings. The van der Waals surface area contributed by atoms with E-state index >= 15 is 0 Å². The number of anilines is 1. The largest absolute Gasteiger partial charge is 0.352 e. The summed E-state index contributed by atoms with van der Waals surface area (Å²) in [6.45, 7) is 3.58. The zero-order valence-electron chi connectivity index (χ0n) is 10.8. The number of benzene rings is 1. The number of hydrogen-bond donors (Lipinski definition) is 2. The number of nitrogens with zero attached hydrogens (tertiary/aromatic N) is 1. The van der Waals surface area contributed by atoms with Crippen LogP contribution < -0.4 is 16.0 Å². The third-order valence-corrected chi connectivity index (χ3v) is 3.46. The quantitative estimate of drug-likeness (QED) is 0.865. The van der Waals surface area contributed by atoms with Crippen molar-refractivity contribution in [3.8, 4) is 0 Å². The molecule has 0 aromatic heterocycles. The Hall–Kier alpha value is -1.75. The Bertz CT molecular complexity index is 533. The predicted octanol–water partition coefficient (Wildman–Crippen LogP) is 1.67. The van der Waals surface area contributed by atoms with Crippen molar-refractivity contribution in [2.24, 2.45) is 5.73 Å². The Morgan fingerprint density at radius 2 is 2.21 bits per heavy atom. The molecule has 1 aromatic carbocycles. The van der Waals surface area contributed by atoms with Crippen LogP contribution in [0.5, 0.6) is 0 Å². The zero-order valence-corrected chi connectivity index (χ0v) is 11.6. The normalized spacial score (nSPS) is 18.9. The summed E-state index contributed by atoms with van der Waals surface area (Å²) in [5.41, 5.74) is 6.93. The summed E-state index contributed by atoms with van der Waals surface area (Å²) in [5, 5.41) is 3.06. The second-order valence-corrected chi connectivity index (χ2v) is 5.20. The first-order valence-electron chi connectivity index (χ1n) is 6.07. The van der Waals surface area contributed by atoms with Crippen molar-refractivity contribution in [2.75, 3.05) is 4.90 Å². The number of nitrogens with two attached hydrogens (primary N) is 1. The summed E-state index contributed by atoms with van der Waals surface area (Å²) >= 11 is 5.95. The highest BCUT2D eigenvalue weighted by atomic mass is 35.5. The van der Waals surface area contributed by atoms with Crippen LogP contribution in [-0.2, 0) is 11.2 Å². The molecule has 0 saturated heterocycles. The molecule has 2 atom stereocenters. The van der Waals surface area contributed by atoms with E-state index in [0.717, 1.165) is 17.7 Å². The maximum atomic E-state index is 12.4. The number of carbonyl (C=O) groups excluding carboxylic acids is 2. The van der Waals surface area contributed by atoms with Gasteiger partial charge in [-0.3, -0.25) is 4.79 Å². The van der Waals surface area contributed by atoms with Gasteiger partial charge in [-0.2, -0.15) is 0 Å². The summed E-state index contributed by atoms with van der Waals surface area (Å²) in [5.74, 6) is -0.174. The lowest BCUT2D eigenvalue weighted by Crippen LogP contribution is -2.50. The van der Waals surface area contributed by atoms with Crippen molar-refractivity contribution < 1.29 is 9.59 Å². The maximum Gasteiger partial charge on any atom is 0.312 e. The van der Waals surface area contributed by atoms with Crippen LogP contribution in [0.3, 0.4) is 0 Å². The second kappa shape index (κ2) is 5.09. The number of amides is 3. The molecule has 0 bridgehead atoms. The molecule has 0 radical (unpaired) electrons. The zero-order chi connectivity index (χ0) is 14.2. The fraction of sp³-hybridized carbons (Fsp3) is 0.385. The van der Waals surface area contributed by atoms with Gasteiger partial charge in [0.05, 0.1) is 0 Å². The number of nitrogens with one attached hydrogen (secondary N) is 1. The van der Waals surface area contributed by atoms with Crippen molar-refractivity contribution in [3.63, 3.8) is 0 Å². The van der Waals surface area contributed by atoms with Crippen LogP contribution >= 0.6 is 11.6 Å². The molecule has 0 saturated carbocycles. The Labute approximate surface area is 116 Å². The van der Waals surface area contributed by atoms with Gasteiger partial charge in [0, 0.05) is 16.8 Å². The van der Waals surface area contributed by atoms with E-state index < -0.39 is 12.1 Å². The lowest BCUT2D eigenvalue weighted by Gasteiger charge is -2.26. The standard InChI is InChI=1S/C13H16ClN3O2/c1-7-5-9-6-10(14)3-4-11(9)17(7)12(18)8(2)16-13(15)19/h3-4,6-8H,5H2,1-2H3,(H3,15,16,19)/t7?,8-/m0/s1. The Morgan fingerprint density at radius 3 is 2.84 bits per heavy atom. The van der Waals surface area contributed by atoms with Crippen molar-refractivity contribution in [1.29, 1.82) is 0 Å². The Kier molecular flexibility index (Phi) is 3.66. The molecule has 3 amide bonds. The number of hydrogen-bond acceptors (Lipinski definition) is 2. The fourth-order valence-electron chi connectivity index (χ4n) is 2.42. The number of rotatable bonds is 2. The second-order valence-electron chi connectivity index (χ2n) is 4.76. The van der Waals surface area contributed by atoms with E-state index in [2.05, 4.69) is 5.32 Å². The van der Waals surface area contributed by atoms with Crippen LogP contribution in [0.2, 0.25) is 5.02 Å². The molecule has 3 N–H and O–H groups in total. The van der Waals surface area contributed by atoms with E-state index in [1.807, 2.05) is 19.1 Å². The summed E-state index contributed by atoms with van der Waals surface area (Å²) in [6, 6.07) is 4.14. The first-order chi connectivity index (χ1) is 8.90. The SMILES string of the molecule is CC1Cc2cc(Cl)ccc2N1C(=O)[C@H](C)NC(N)=O. The molecule has 102 valence electrons. The Morgan fingerprint density at radius 1 is 1.53 bits per heavy atom. The lowest BCUT2D eigenvalue weighted by atomic mass is 10.1. The van der Waals surface area contributed by atoms with Crippen molar-refractivity contribution in [2.45, 2.75) is 32.4 Å². The number of primary amides is 1. The number of fused-ring (bicyclic) bond motifs is 1. The third-order valence-electron chi connectivity index (χ3n) is 3.22. The maximum absolute atomic E-state index is 12.4. The third kappa shape index (κ3) is 2.66. The molecule has 19 heavy (non-hydrogen) atoms. The monoisotopic (exact) mass is 281 g/mol. The first kappa shape index (κ1) is 13.7. The van der Waals surface area contributed by atoms with Gasteiger partial charge in [-0.05, 0) is 44.0 Å². The number of carbonyl (C=O) groups is 2. The summed E-state index contributed by atoms with van der Waals surface area (Å²) in [7, 11) is 0. The minimum atomic E-state index is -0.705. The van der Waals surface area contributed by atoms with Crippen LogP contribution in [0.4, 0.5) is 10.5 Å². The van der Waals surface area contributed by atoms with Gasteiger partial charge in [0.25, 0.3) is 0 Å². The first-order valence-corrected chi connectivity index (χ1v) is 6.45. The van der Waals surface area contributed by atoms with Crippen LogP contribution in [0.25, 0.3) is 0 Å². The van der Waals surface area contributed by atoms with Gasteiger partial charge in [-0.25, -0.2) is 4.79 Å². The molecule has 1 aliphatic rings. The van der Waals surface area contributed by atoms with E-state index in [4.69, 9.17) is 17.3 Å². The summed E-state index contributed by atoms with van der Waals surface area (Å²) in [4.78, 5) is 24.9. The van der Waals surface area contributed by atoms with E-state index in [9.17, 15) is 9.59 Å². The molecule has 0 aliphatic carbocycles. The molecule has 1 aromatic rings. The van der Waals surface area contributed by atoms with Gasteiger partial charge in [-0.15, -0.1) is 0 Å². The van der Waals surface area contributed by atoms with Crippen LogP contribution in [0.15, 0.2) is 18.2 Å². The molecule has 1 aliphatic heterocycles. The number of halogens is 1. The predicted molar refractivity (Wildman–Crippen MR) is 74.3 cm³/mol. The van der Waals surface area contributed by atoms with Gasteiger partial charge in [0.2, 0.25) is 5.91 Å². The van der Waals surface area contributed by atoms with Gasteiger partial charge < -0.3 is 16.0 Å². The smallest absolute Gasteiger partial charge is 0.312 e. The summed E-state index contributed by atoms with van der Waals surface area (Å²) in [6.07, 6.45) is 0.755. The minimum Gasteiger partial charge on any atom is -0.352 e. The van der Waals surface area contributed by atoms with E-state index in [-0.39, 0.29) is 11.9 Å². The lowest BCUT2D eigenvalue weighted by molar-refractivity contribution is -0.120.